The van der Waals surface area contributed by atoms with Crippen molar-refractivity contribution in [2.24, 2.45) is 0 Å². The van der Waals surface area contributed by atoms with E-state index < -0.39 is 0 Å². The van der Waals surface area contributed by atoms with Crippen molar-refractivity contribution < 1.29 is 8.83 Å². The molecular formula is C72H48N4O2S. The first-order valence-electron chi connectivity index (χ1n) is 27.0. The number of hydrogen-bond acceptors (Lipinski definition) is 6. The van der Waals surface area contributed by atoms with E-state index >= 15 is 0 Å². The molecule has 7 heteroatoms. The van der Waals surface area contributed by atoms with Crippen LogP contribution in [-0.2, 0) is 6.42 Å². The maximum absolute atomic E-state index is 6.65. The third kappa shape index (κ3) is 7.72. The summed E-state index contributed by atoms with van der Waals surface area (Å²) in [5, 5.41) is 7.71. The highest BCUT2D eigenvalue weighted by Gasteiger charge is 2.24. The van der Waals surface area contributed by atoms with E-state index in [9.17, 15) is 0 Å². The van der Waals surface area contributed by atoms with Gasteiger partial charge in [0, 0.05) is 76.0 Å². The Hall–Kier alpha value is -9.95. The zero-order chi connectivity index (χ0) is 52.6. The standard InChI is InChI=1S/C70H42N4O2S.C2H6/c1-4-17-42(18-5-1)46-37-47(39-48(38-46)51-26-16-29-58-55-23-8-3-9-32-64(55)77-67(51)58)49-24-14-27-56-59-40-44(50-25-15-28-57-53-22-11-13-31-62(53)76-66(50)57)34-36-60(59)74(65(49)56)70-72-68(43-19-6-2-7-20-43)71-69(73-70)45-33-35-54-52-21-10-12-30-61(52)75-63(54)41-45;1-2/h1-31,33-41H,32H2;1-2H3. The van der Waals surface area contributed by atoms with Crippen LogP contribution >= 0.6 is 11.3 Å². The van der Waals surface area contributed by atoms with Crippen LogP contribution in [0.4, 0.5) is 0 Å². The van der Waals surface area contributed by atoms with Gasteiger partial charge in [0.15, 0.2) is 11.6 Å². The van der Waals surface area contributed by atoms with Crippen LogP contribution in [-0.4, -0.2) is 19.5 Å². The largest absolute Gasteiger partial charge is 0.456 e. The second-order valence-corrected chi connectivity index (χ2v) is 20.9. The van der Waals surface area contributed by atoms with Gasteiger partial charge in [-0.05, 0) is 93.5 Å². The number of furan rings is 2. The van der Waals surface area contributed by atoms with Crippen LogP contribution in [0.3, 0.4) is 0 Å². The van der Waals surface area contributed by atoms with Crippen LogP contribution < -0.4 is 0 Å². The van der Waals surface area contributed by atoms with E-state index in [4.69, 9.17) is 23.8 Å². The lowest BCUT2D eigenvalue weighted by Crippen LogP contribution is -2.07. The molecule has 1 aliphatic carbocycles. The summed E-state index contributed by atoms with van der Waals surface area (Å²) < 4.78 is 16.6. The summed E-state index contributed by atoms with van der Waals surface area (Å²) in [6.45, 7) is 4.00. The lowest BCUT2D eigenvalue weighted by molar-refractivity contribution is 0.669. The van der Waals surface area contributed by atoms with Crippen molar-refractivity contribution in [3.63, 3.8) is 0 Å². The predicted molar refractivity (Wildman–Crippen MR) is 330 cm³/mol. The third-order valence-electron chi connectivity index (χ3n) is 15.3. The molecule has 0 N–H and O–H groups in total. The average molecular weight is 1030 g/mol. The normalized spacial score (nSPS) is 12.3. The molecule has 10 aromatic carbocycles. The summed E-state index contributed by atoms with van der Waals surface area (Å²) >= 11 is 1.90. The summed E-state index contributed by atoms with van der Waals surface area (Å²) in [6.07, 6.45) is 9.75. The quantitative estimate of drug-likeness (QED) is 0.159. The Morgan fingerprint density at radius 1 is 0.405 bits per heavy atom. The van der Waals surface area contributed by atoms with Gasteiger partial charge in [-0.15, -0.1) is 11.3 Å². The second-order valence-electron chi connectivity index (χ2n) is 19.8. The van der Waals surface area contributed by atoms with Crippen LogP contribution in [0.25, 0.3) is 155 Å². The van der Waals surface area contributed by atoms with Gasteiger partial charge in [-0.2, -0.15) is 9.97 Å². The van der Waals surface area contributed by atoms with Crippen LogP contribution in [0.15, 0.2) is 245 Å². The Kier molecular flexibility index (Phi) is 11.1. The minimum atomic E-state index is 0.504. The van der Waals surface area contributed by atoms with Crippen LogP contribution in [0.2, 0.25) is 0 Å². The number of nitrogens with zero attached hydrogens (tertiary/aromatic N) is 4. The Morgan fingerprint density at radius 3 is 1.81 bits per heavy atom. The first-order valence-corrected chi connectivity index (χ1v) is 27.8. The number of hydrogen-bond donors (Lipinski definition) is 0. The van der Waals surface area contributed by atoms with Gasteiger partial charge in [0.1, 0.15) is 22.3 Å². The maximum atomic E-state index is 6.65. The van der Waals surface area contributed by atoms with Crippen LogP contribution in [0, 0.1) is 0 Å². The van der Waals surface area contributed by atoms with Gasteiger partial charge in [0.25, 0.3) is 0 Å². The predicted octanol–water partition coefficient (Wildman–Crippen LogP) is 20.1. The van der Waals surface area contributed by atoms with Gasteiger partial charge in [-0.25, -0.2) is 4.98 Å². The summed E-state index contributed by atoms with van der Waals surface area (Å²) in [5.74, 6) is 1.61. The summed E-state index contributed by atoms with van der Waals surface area (Å²) in [7, 11) is 0. The fourth-order valence-electron chi connectivity index (χ4n) is 11.7. The topological polar surface area (TPSA) is 69.9 Å². The molecule has 0 saturated heterocycles. The van der Waals surface area contributed by atoms with Crippen molar-refractivity contribution in [3.8, 4) is 73.2 Å². The third-order valence-corrected chi connectivity index (χ3v) is 16.6. The molecule has 0 saturated carbocycles. The SMILES string of the molecule is C1=CCc2sc3c(-c4cc(-c5ccccc5)cc(-c5cccc6c7cc(-c8cccc9c8oc8ccccc89)ccc7n(-c7nc(-c8ccccc8)nc(-c8ccc9c(c8)oc8ccccc89)n7)c56)c4)cccc3c2C=C1.CC. The molecule has 0 fully saturated rings. The van der Waals surface area contributed by atoms with Gasteiger partial charge in [0.2, 0.25) is 5.95 Å². The number of para-hydroxylation sites is 4. The van der Waals surface area contributed by atoms with E-state index in [1.54, 1.807) is 0 Å². The average Bonchev–Trinajstić information content (AvgIpc) is 4.39. The molecule has 79 heavy (non-hydrogen) atoms. The van der Waals surface area contributed by atoms with Gasteiger partial charge in [-0.1, -0.05) is 202 Å². The summed E-state index contributed by atoms with van der Waals surface area (Å²) in [6, 6.07) is 77.3. The molecule has 15 aromatic rings. The highest BCUT2D eigenvalue weighted by atomic mass is 32.1. The highest BCUT2D eigenvalue weighted by molar-refractivity contribution is 7.20. The summed E-state index contributed by atoms with van der Waals surface area (Å²) in [5.41, 5.74) is 17.2. The number of allylic oxidation sites excluding steroid dienone is 3. The molecular weight excluding hydrogens is 985 g/mol. The number of thiophene rings is 1. The number of benzene rings is 10. The van der Waals surface area contributed by atoms with Crippen LogP contribution in [0.5, 0.6) is 0 Å². The summed E-state index contributed by atoms with van der Waals surface area (Å²) in [4.78, 5) is 17.6. The van der Waals surface area contributed by atoms with Crippen molar-refractivity contribution in [3.05, 3.63) is 247 Å². The van der Waals surface area contributed by atoms with Gasteiger partial charge >= 0.3 is 0 Å². The highest BCUT2D eigenvalue weighted by Crippen LogP contribution is 2.46. The molecule has 374 valence electrons. The molecule has 0 unspecified atom stereocenters. The first kappa shape index (κ1) is 46.4. The molecule has 5 aromatic heterocycles. The lowest BCUT2D eigenvalue weighted by atomic mass is 9.92. The fourth-order valence-corrected chi connectivity index (χ4v) is 13.0. The molecule has 0 bridgehead atoms. The minimum Gasteiger partial charge on any atom is -0.456 e. The zero-order valence-corrected chi connectivity index (χ0v) is 44.1. The number of aromatic nitrogens is 4. The Bertz CT molecular complexity index is 4960. The van der Waals surface area contributed by atoms with Crippen molar-refractivity contribution in [2.45, 2.75) is 20.3 Å². The van der Waals surface area contributed by atoms with Gasteiger partial charge in [-0.3, -0.25) is 4.57 Å². The second kappa shape index (κ2) is 19.0. The maximum Gasteiger partial charge on any atom is 0.238 e. The van der Waals surface area contributed by atoms with Crippen molar-refractivity contribution in [1.29, 1.82) is 0 Å². The molecule has 6 nitrogen and oxygen atoms in total. The molecule has 0 spiro atoms. The molecule has 5 heterocycles. The molecule has 0 aliphatic heterocycles. The van der Waals surface area contributed by atoms with E-state index in [1.165, 1.54) is 26.1 Å². The first-order chi connectivity index (χ1) is 39.1. The van der Waals surface area contributed by atoms with E-state index in [2.05, 4.69) is 199 Å². The van der Waals surface area contributed by atoms with Crippen molar-refractivity contribution >= 4 is 93.2 Å². The van der Waals surface area contributed by atoms with E-state index in [-0.39, 0.29) is 0 Å². The Morgan fingerprint density at radius 2 is 1.01 bits per heavy atom. The van der Waals surface area contributed by atoms with E-state index in [1.807, 2.05) is 73.7 Å². The van der Waals surface area contributed by atoms with Gasteiger partial charge in [0.05, 0.1) is 11.0 Å². The molecule has 0 atom stereocenters. The molecule has 0 amide bonds. The minimum absolute atomic E-state index is 0.504. The number of fused-ring (bicyclic) bond motifs is 12. The Balaban J connectivity index is 0.00000267. The smallest absolute Gasteiger partial charge is 0.238 e. The molecule has 1 aliphatic rings. The van der Waals surface area contributed by atoms with Crippen molar-refractivity contribution in [1.82, 2.24) is 19.5 Å². The van der Waals surface area contributed by atoms with E-state index in [0.717, 1.165) is 122 Å². The van der Waals surface area contributed by atoms with Crippen LogP contribution in [0.1, 0.15) is 24.3 Å². The fraction of sp³-hybridized carbons (Fsp3) is 0.0417. The molecule has 16 rings (SSSR count). The molecule has 0 radical (unpaired) electrons. The lowest BCUT2D eigenvalue weighted by Gasteiger charge is -2.15. The Labute approximate surface area is 459 Å². The zero-order valence-electron chi connectivity index (χ0n) is 43.3. The van der Waals surface area contributed by atoms with Gasteiger partial charge < -0.3 is 8.83 Å². The number of rotatable bonds is 7. The van der Waals surface area contributed by atoms with Crippen molar-refractivity contribution in [2.75, 3.05) is 0 Å². The van der Waals surface area contributed by atoms with E-state index in [0.29, 0.717) is 17.6 Å². The monoisotopic (exact) mass is 1030 g/mol.